The molecule has 63 valence electrons. The van der Waals surface area contributed by atoms with Gasteiger partial charge in [0, 0.05) is 22.8 Å². The number of aromatic nitrogens is 2. The lowest BCUT2D eigenvalue weighted by molar-refractivity contribution is 1.04. The van der Waals surface area contributed by atoms with E-state index in [1.807, 2.05) is 24.3 Å². The van der Waals surface area contributed by atoms with Crippen molar-refractivity contribution in [1.29, 1.82) is 0 Å². The maximum absolute atomic E-state index is 5.79. The molecule has 0 unspecified atom stereocenters. The lowest BCUT2D eigenvalue weighted by Crippen LogP contribution is -1.84. The summed E-state index contributed by atoms with van der Waals surface area (Å²) in [5, 5.41) is 8.34. The summed E-state index contributed by atoms with van der Waals surface area (Å²) in [5.41, 5.74) is 1.77. The standard InChI is InChI=1S/C10H6ClN2/c11-9-4-1-3-8(7-9)10-5-2-6-12-13-10/h1-3,5-7H. The Bertz CT molecular complexity index is 401. The van der Waals surface area contributed by atoms with Crippen LogP contribution in [0.5, 0.6) is 0 Å². The second kappa shape index (κ2) is 3.54. The van der Waals surface area contributed by atoms with Crippen molar-refractivity contribution < 1.29 is 0 Å². The Labute approximate surface area is 81.2 Å². The van der Waals surface area contributed by atoms with Crippen molar-refractivity contribution in [2.75, 3.05) is 0 Å². The molecule has 0 saturated carbocycles. The van der Waals surface area contributed by atoms with Crippen molar-refractivity contribution in [3.05, 3.63) is 47.6 Å². The van der Waals surface area contributed by atoms with Gasteiger partial charge in [-0.05, 0) is 18.2 Å². The van der Waals surface area contributed by atoms with Gasteiger partial charge in [0.15, 0.2) is 0 Å². The summed E-state index contributed by atoms with van der Waals surface area (Å²) in [6.45, 7) is 0. The van der Waals surface area contributed by atoms with Gasteiger partial charge in [-0.1, -0.05) is 23.7 Å². The first kappa shape index (κ1) is 8.20. The Morgan fingerprint density at radius 1 is 1.31 bits per heavy atom. The third kappa shape index (κ3) is 1.84. The molecule has 0 aliphatic carbocycles. The minimum atomic E-state index is 0.586. The van der Waals surface area contributed by atoms with Crippen LogP contribution < -0.4 is 0 Å². The van der Waals surface area contributed by atoms with Crippen LogP contribution >= 0.6 is 11.6 Å². The highest BCUT2D eigenvalue weighted by Gasteiger charge is 1.98. The molecule has 0 atom stereocenters. The van der Waals surface area contributed by atoms with Crippen molar-refractivity contribution in [3.8, 4) is 11.3 Å². The SMILES string of the molecule is Clc1[c]ccc(-c2cccnn2)c1. The second-order valence-corrected chi connectivity index (χ2v) is 2.94. The van der Waals surface area contributed by atoms with Crippen molar-refractivity contribution in [1.82, 2.24) is 10.2 Å². The summed E-state index contributed by atoms with van der Waals surface area (Å²) in [6.07, 6.45) is 1.64. The van der Waals surface area contributed by atoms with Crippen LogP contribution in [0.1, 0.15) is 0 Å². The van der Waals surface area contributed by atoms with E-state index in [0.29, 0.717) is 5.02 Å². The predicted octanol–water partition coefficient (Wildman–Crippen LogP) is 2.60. The fourth-order valence-corrected chi connectivity index (χ4v) is 1.23. The summed E-state index contributed by atoms with van der Waals surface area (Å²) in [5.74, 6) is 0. The Balaban J connectivity index is 2.48. The lowest BCUT2D eigenvalue weighted by Gasteiger charge is -1.98. The van der Waals surface area contributed by atoms with Gasteiger partial charge in [-0.15, -0.1) is 0 Å². The molecule has 0 spiro atoms. The van der Waals surface area contributed by atoms with Crippen molar-refractivity contribution in [2.24, 2.45) is 0 Å². The van der Waals surface area contributed by atoms with Gasteiger partial charge in [-0.2, -0.15) is 10.2 Å². The molecule has 1 heterocycles. The first-order valence-corrected chi connectivity index (χ1v) is 4.19. The summed E-state index contributed by atoms with van der Waals surface area (Å²) in [7, 11) is 0. The molecule has 1 aromatic heterocycles. The molecule has 0 N–H and O–H groups in total. The van der Waals surface area contributed by atoms with E-state index in [-0.39, 0.29) is 0 Å². The Morgan fingerprint density at radius 3 is 2.92 bits per heavy atom. The van der Waals surface area contributed by atoms with E-state index in [4.69, 9.17) is 11.6 Å². The zero-order valence-corrected chi connectivity index (χ0v) is 7.49. The largest absolute Gasteiger partial charge is 0.159 e. The van der Waals surface area contributed by atoms with Crippen LogP contribution in [0.15, 0.2) is 36.5 Å². The van der Waals surface area contributed by atoms with Crippen molar-refractivity contribution >= 4 is 11.6 Å². The van der Waals surface area contributed by atoms with E-state index >= 15 is 0 Å². The number of halogens is 1. The molecule has 3 heteroatoms. The Morgan fingerprint density at radius 2 is 2.23 bits per heavy atom. The number of rotatable bonds is 1. The summed E-state index contributed by atoms with van der Waals surface area (Å²) >= 11 is 5.79. The molecular formula is C10H6ClN2. The van der Waals surface area contributed by atoms with Gasteiger partial charge < -0.3 is 0 Å². The zero-order valence-electron chi connectivity index (χ0n) is 6.74. The molecule has 1 radical (unpaired) electrons. The minimum absolute atomic E-state index is 0.586. The first-order chi connectivity index (χ1) is 6.36. The summed E-state index contributed by atoms with van der Waals surface area (Å²) in [4.78, 5) is 0. The zero-order chi connectivity index (χ0) is 9.10. The number of hydrogen-bond donors (Lipinski definition) is 0. The lowest BCUT2D eigenvalue weighted by atomic mass is 10.1. The normalized spacial score (nSPS) is 9.92. The molecular weight excluding hydrogens is 184 g/mol. The highest BCUT2D eigenvalue weighted by molar-refractivity contribution is 6.30. The molecule has 0 amide bonds. The third-order valence-electron chi connectivity index (χ3n) is 1.63. The second-order valence-electron chi connectivity index (χ2n) is 2.53. The number of benzene rings is 1. The molecule has 0 aliphatic rings. The van der Waals surface area contributed by atoms with Crippen LogP contribution in [0.4, 0.5) is 0 Å². The molecule has 0 saturated heterocycles. The van der Waals surface area contributed by atoms with Gasteiger partial charge in [-0.3, -0.25) is 0 Å². The molecule has 0 fully saturated rings. The Kier molecular flexibility index (Phi) is 2.23. The van der Waals surface area contributed by atoms with Gasteiger partial charge >= 0.3 is 0 Å². The first-order valence-electron chi connectivity index (χ1n) is 3.81. The predicted molar refractivity (Wildman–Crippen MR) is 51.3 cm³/mol. The smallest absolute Gasteiger partial charge is 0.0930 e. The molecule has 2 rings (SSSR count). The van der Waals surface area contributed by atoms with Gasteiger partial charge in [0.05, 0.1) is 5.69 Å². The highest BCUT2D eigenvalue weighted by Crippen LogP contribution is 2.18. The minimum Gasteiger partial charge on any atom is -0.159 e. The molecule has 2 nitrogen and oxygen atoms in total. The Hall–Kier alpha value is -1.41. The van der Waals surface area contributed by atoms with Crippen LogP contribution in [0.25, 0.3) is 11.3 Å². The van der Waals surface area contributed by atoms with Crippen LogP contribution in [-0.4, -0.2) is 10.2 Å². The molecule has 1 aromatic carbocycles. The molecule has 2 aromatic rings. The average Bonchev–Trinajstić information content (AvgIpc) is 2.19. The maximum Gasteiger partial charge on any atom is 0.0930 e. The van der Waals surface area contributed by atoms with Crippen LogP contribution in [0.3, 0.4) is 0 Å². The average molecular weight is 190 g/mol. The summed E-state index contributed by atoms with van der Waals surface area (Å²) in [6, 6.07) is 12.1. The van der Waals surface area contributed by atoms with Gasteiger partial charge in [-0.25, -0.2) is 0 Å². The van der Waals surface area contributed by atoms with Gasteiger partial charge in [0.1, 0.15) is 0 Å². The van der Waals surface area contributed by atoms with Gasteiger partial charge in [0.2, 0.25) is 0 Å². The van der Waals surface area contributed by atoms with Gasteiger partial charge in [0.25, 0.3) is 0 Å². The molecule has 0 bridgehead atoms. The molecule has 0 aliphatic heterocycles. The van der Waals surface area contributed by atoms with Crippen LogP contribution in [-0.2, 0) is 0 Å². The van der Waals surface area contributed by atoms with Crippen molar-refractivity contribution in [2.45, 2.75) is 0 Å². The van der Waals surface area contributed by atoms with E-state index in [9.17, 15) is 0 Å². The van der Waals surface area contributed by atoms with E-state index in [0.717, 1.165) is 11.3 Å². The van der Waals surface area contributed by atoms with Crippen LogP contribution in [0.2, 0.25) is 5.02 Å². The number of nitrogens with zero attached hydrogens (tertiary/aromatic N) is 2. The fraction of sp³-hybridized carbons (Fsp3) is 0. The number of hydrogen-bond acceptors (Lipinski definition) is 2. The third-order valence-corrected chi connectivity index (χ3v) is 1.85. The van der Waals surface area contributed by atoms with Crippen LogP contribution in [0, 0.1) is 6.07 Å². The summed E-state index contributed by atoms with van der Waals surface area (Å²) < 4.78 is 0. The molecule has 13 heavy (non-hydrogen) atoms. The fourth-order valence-electron chi connectivity index (χ4n) is 1.05. The quantitative estimate of drug-likeness (QED) is 0.689. The topological polar surface area (TPSA) is 25.8 Å². The highest BCUT2D eigenvalue weighted by atomic mass is 35.5. The van der Waals surface area contributed by atoms with E-state index in [2.05, 4.69) is 16.3 Å². The van der Waals surface area contributed by atoms with E-state index in [1.165, 1.54) is 0 Å². The van der Waals surface area contributed by atoms with E-state index in [1.54, 1.807) is 12.3 Å². The monoisotopic (exact) mass is 189 g/mol. The van der Waals surface area contributed by atoms with Crippen molar-refractivity contribution in [3.63, 3.8) is 0 Å². The maximum atomic E-state index is 5.79. The van der Waals surface area contributed by atoms with E-state index < -0.39 is 0 Å².